The molecule has 0 aliphatic carbocycles. The van der Waals surface area contributed by atoms with Crippen LogP contribution in [-0.2, 0) is 0 Å². The van der Waals surface area contributed by atoms with Crippen molar-refractivity contribution in [1.82, 2.24) is 19.6 Å². The number of rotatable bonds is 3. The molecule has 0 radical (unpaired) electrons. The number of nitrogen functional groups attached to an aromatic ring is 1. The van der Waals surface area contributed by atoms with Crippen molar-refractivity contribution >= 4 is 28.7 Å². The van der Waals surface area contributed by atoms with Crippen LogP contribution >= 0.6 is 0 Å². The van der Waals surface area contributed by atoms with Gasteiger partial charge in [-0.15, -0.1) is 5.10 Å². The lowest BCUT2D eigenvalue weighted by molar-refractivity contribution is 0.439. The molecule has 0 aliphatic rings. The highest BCUT2D eigenvalue weighted by Gasteiger charge is 2.18. The van der Waals surface area contributed by atoms with Crippen LogP contribution in [0.5, 0.6) is 5.88 Å². The normalized spacial score (nSPS) is 10.8. The fourth-order valence-corrected chi connectivity index (χ4v) is 2.54. The smallest absolute Gasteiger partial charge is 0.240 e. The van der Waals surface area contributed by atoms with Crippen LogP contribution in [0.2, 0.25) is 0 Å². The van der Waals surface area contributed by atoms with Gasteiger partial charge in [0.1, 0.15) is 5.52 Å². The number of hydrogen-bond donors (Lipinski definition) is 3. The highest BCUT2D eigenvalue weighted by Crippen LogP contribution is 2.34. The predicted octanol–water partition coefficient (Wildman–Crippen LogP) is 2.54. The van der Waals surface area contributed by atoms with Gasteiger partial charge in [0, 0.05) is 24.4 Å². The Morgan fingerprint density at radius 1 is 1.29 bits per heavy atom. The van der Waals surface area contributed by atoms with Crippen LogP contribution in [-0.4, -0.2) is 37.4 Å². The molecule has 0 aliphatic heterocycles. The number of nitrogens with one attached hydrogen (secondary N) is 1. The minimum absolute atomic E-state index is 0.0310. The molecule has 124 valence electrons. The van der Waals surface area contributed by atoms with E-state index in [4.69, 9.17) is 5.73 Å². The zero-order valence-electron chi connectivity index (χ0n) is 14.0. The second-order valence-corrected chi connectivity index (χ2v) is 5.61. The van der Waals surface area contributed by atoms with E-state index in [1.54, 1.807) is 13.1 Å². The van der Waals surface area contributed by atoms with E-state index in [9.17, 15) is 5.11 Å². The van der Waals surface area contributed by atoms with Crippen LogP contribution in [0, 0.1) is 6.92 Å². The van der Waals surface area contributed by atoms with Crippen LogP contribution in [0.1, 0.15) is 19.5 Å². The molecule has 0 amide bonds. The molecule has 0 fully saturated rings. The van der Waals surface area contributed by atoms with Crippen molar-refractivity contribution in [2.75, 3.05) is 18.1 Å². The van der Waals surface area contributed by atoms with Gasteiger partial charge >= 0.3 is 0 Å². The maximum Gasteiger partial charge on any atom is 0.240 e. The summed E-state index contributed by atoms with van der Waals surface area (Å²) in [6.45, 7) is 5.78. The van der Waals surface area contributed by atoms with Crippen LogP contribution < -0.4 is 11.1 Å². The Hall–Kier alpha value is -3.16. The quantitative estimate of drug-likeness (QED) is 0.638. The molecule has 0 atom stereocenters. The first-order chi connectivity index (χ1) is 11.4. The molecule has 3 aromatic heterocycles. The lowest BCUT2D eigenvalue weighted by Crippen LogP contribution is -2.05. The molecular formula is C16H19N7O. The molecule has 3 heterocycles. The maximum atomic E-state index is 10.2. The molecular weight excluding hydrogens is 306 g/mol. The molecule has 0 aromatic carbocycles. The number of nitrogens with two attached hydrogens (primary N) is 1. The summed E-state index contributed by atoms with van der Waals surface area (Å²) in [5, 5.41) is 17.2. The number of nitrogens with zero attached hydrogens (tertiary/aromatic N) is 5. The van der Waals surface area contributed by atoms with E-state index in [0.29, 0.717) is 22.6 Å². The van der Waals surface area contributed by atoms with Crippen LogP contribution in [0.25, 0.3) is 16.8 Å². The van der Waals surface area contributed by atoms with E-state index >= 15 is 0 Å². The summed E-state index contributed by atoms with van der Waals surface area (Å²) in [5.74, 6) is 0.553. The molecule has 8 nitrogen and oxygen atoms in total. The molecule has 0 unspecified atom stereocenters. The summed E-state index contributed by atoms with van der Waals surface area (Å²) in [6, 6.07) is 5.36. The number of hydrogen-bond acceptors (Lipinski definition) is 7. The van der Waals surface area contributed by atoms with E-state index in [2.05, 4.69) is 25.4 Å². The summed E-state index contributed by atoms with van der Waals surface area (Å²) in [4.78, 5) is 13.2. The Morgan fingerprint density at radius 2 is 2.04 bits per heavy atom. The third kappa shape index (κ3) is 2.62. The first-order valence-corrected chi connectivity index (χ1v) is 7.46. The zero-order valence-corrected chi connectivity index (χ0v) is 14.0. The lowest BCUT2D eigenvalue weighted by atomic mass is 10.1. The fraction of sp³-hybridized carbons (Fsp3) is 0.250. The third-order valence-electron chi connectivity index (χ3n) is 3.53. The number of pyridine rings is 1. The average Bonchev–Trinajstić information content (AvgIpc) is 2.85. The Kier molecular flexibility index (Phi) is 3.80. The van der Waals surface area contributed by atoms with Crippen molar-refractivity contribution in [2.45, 2.75) is 20.8 Å². The predicted molar refractivity (Wildman–Crippen MR) is 95.0 cm³/mol. The van der Waals surface area contributed by atoms with Gasteiger partial charge in [-0.1, -0.05) is 0 Å². The molecule has 0 saturated heterocycles. The van der Waals surface area contributed by atoms with E-state index in [0.717, 1.165) is 17.1 Å². The van der Waals surface area contributed by atoms with Crippen LogP contribution in [0.4, 0.5) is 17.5 Å². The minimum Gasteiger partial charge on any atom is -0.493 e. The Labute approximate surface area is 139 Å². The van der Waals surface area contributed by atoms with Crippen molar-refractivity contribution in [1.29, 1.82) is 0 Å². The van der Waals surface area contributed by atoms with Gasteiger partial charge in [-0.25, -0.2) is 0 Å². The summed E-state index contributed by atoms with van der Waals surface area (Å²) < 4.78 is 1.35. The molecule has 3 rings (SSSR count). The summed E-state index contributed by atoms with van der Waals surface area (Å²) in [7, 11) is 1.73. The monoisotopic (exact) mass is 325 g/mol. The van der Waals surface area contributed by atoms with Gasteiger partial charge < -0.3 is 16.2 Å². The van der Waals surface area contributed by atoms with E-state index in [1.807, 2.05) is 32.9 Å². The first-order valence-electron chi connectivity index (χ1n) is 7.46. The van der Waals surface area contributed by atoms with E-state index in [-0.39, 0.29) is 11.8 Å². The first kappa shape index (κ1) is 15.7. The number of aryl methyl sites for hydroxylation is 1. The maximum absolute atomic E-state index is 10.2. The van der Waals surface area contributed by atoms with Gasteiger partial charge in [-0.2, -0.15) is 9.50 Å². The fourth-order valence-electron chi connectivity index (χ4n) is 2.54. The van der Waals surface area contributed by atoms with Gasteiger partial charge in [0.2, 0.25) is 11.8 Å². The SMILES string of the molecule is CNc1nc(N)nn2c(O)cc(-c3ccc(N=C(C)C)c(C)n3)c12. The zero-order chi connectivity index (χ0) is 17.4. The number of aromatic hydroxyl groups is 1. The molecule has 0 saturated carbocycles. The number of fused-ring (bicyclic) bond motifs is 1. The summed E-state index contributed by atoms with van der Waals surface area (Å²) in [6.07, 6.45) is 0. The van der Waals surface area contributed by atoms with E-state index < -0.39 is 0 Å². The van der Waals surface area contributed by atoms with Crippen LogP contribution in [0.15, 0.2) is 23.2 Å². The van der Waals surface area contributed by atoms with Gasteiger partial charge in [-0.3, -0.25) is 9.98 Å². The van der Waals surface area contributed by atoms with E-state index in [1.165, 1.54) is 4.52 Å². The molecule has 8 heteroatoms. The van der Waals surface area contributed by atoms with Gasteiger partial charge in [-0.05, 0) is 32.9 Å². The Balaban J connectivity index is 2.24. The van der Waals surface area contributed by atoms with Gasteiger partial charge in [0.15, 0.2) is 5.82 Å². The highest BCUT2D eigenvalue weighted by molar-refractivity contribution is 5.89. The lowest BCUT2D eigenvalue weighted by Gasteiger charge is -2.07. The van der Waals surface area contributed by atoms with Crippen molar-refractivity contribution in [3.63, 3.8) is 0 Å². The third-order valence-corrected chi connectivity index (χ3v) is 3.53. The topological polar surface area (TPSA) is 114 Å². The largest absolute Gasteiger partial charge is 0.493 e. The molecule has 4 N–H and O–H groups in total. The Morgan fingerprint density at radius 3 is 2.67 bits per heavy atom. The Bertz CT molecular complexity index is 955. The molecule has 0 spiro atoms. The number of anilines is 2. The van der Waals surface area contributed by atoms with Gasteiger partial charge in [0.05, 0.1) is 17.1 Å². The van der Waals surface area contributed by atoms with Crippen molar-refractivity contribution in [2.24, 2.45) is 4.99 Å². The molecule has 3 aromatic rings. The van der Waals surface area contributed by atoms with Crippen LogP contribution in [0.3, 0.4) is 0 Å². The van der Waals surface area contributed by atoms with Crippen molar-refractivity contribution < 1.29 is 5.11 Å². The minimum atomic E-state index is -0.0310. The average molecular weight is 325 g/mol. The van der Waals surface area contributed by atoms with Crippen molar-refractivity contribution in [3.8, 4) is 17.1 Å². The second-order valence-electron chi connectivity index (χ2n) is 5.61. The molecule has 0 bridgehead atoms. The standard InChI is InChI=1S/C16H19N7O/c1-8(2)19-11-5-6-12(20-9(11)3)10-7-13(24)23-14(10)15(18-4)21-16(17)22-23/h5-7,24H,1-4H3,(H3,17,18,21,22). The van der Waals surface area contributed by atoms with Gasteiger partial charge in [0.25, 0.3) is 0 Å². The summed E-state index contributed by atoms with van der Waals surface area (Å²) in [5.41, 5.74) is 10.3. The van der Waals surface area contributed by atoms with Crippen molar-refractivity contribution in [3.05, 3.63) is 23.9 Å². The molecule has 24 heavy (non-hydrogen) atoms. The second kappa shape index (κ2) is 5.80. The summed E-state index contributed by atoms with van der Waals surface area (Å²) >= 11 is 0. The highest BCUT2D eigenvalue weighted by atomic mass is 16.3. The number of aromatic nitrogens is 4. The number of aliphatic imine (C=N–C) groups is 1.